The summed E-state index contributed by atoms with van der Waals surface area (Å²) in [6.45, 7) is 13.4. The van der Waals surface area contributed by atoms with Crippen molar-refractivity contribution in [3.8, 4) is 0 Å². The van der Waals surface area contributed by atoms with Crippen molar-refractivity contribution in [2.45, 2.75) is 51.7 Å². The number of nitrogens with one attached hydrogen (secondary N) is 1. The topological polar surface area (TPSA) is 55.0 Å². The van der Waals surface area contributed by atoms with Crippen LogP contribution in [0.4, 0.5) is 0 Å². The van der Waals surface area contributed by atoms with Gasteiger partial charge in [0.15, 0.2) is 8.32 Å². The molecule has 6 heteroatoms. The second kappa shape index (κ2) is 5.77. The van der Waals surface area contributed by atoms with E-state index in [4.69, 9.17) is 16.0 Å². The summed E-state index contributed by atoms with van der Waals surface area (Å²) in [5.41, 5.74) is 0.314. The van der Waals surface area contributed by atoms with Gasteiger partial charge in [0.25, 0.3) is 5.56 Å². The number of aromatic amines is 1. The molecule has 1 atom stereocenters. The zero-order chi connectivity index (χ0) is 14.8. The van der Waals surface area contributed by atoms with Crippen molar-refractivity contribution < 1.29 is 4.43 Å². The molecule has 108 valence electrons. The summed E-state index contributed by atoms with van der Waals surface area (Å²) in [5, 5.41) is 6.64. The van der Waals surface area contributed by atoms with E-state index in [9.17, 15) is 4.79 Å². The molecule has 0 radical (unpaired) electrons. The normalized spacial score (nSPS) is 14.5. The first-order chi connectivity index (χ1) is 8.56. The Morgan fingerprint density at radius 2 is 2.05 bits per heavy atom. The fourth-order valence-electron chi connectivity index (χ4n) is 1.48. The molecule has 19 heavy (non-hydrogen) atoms. The lowest BCUT2D eigenvalue weighted by Gasteiger charge is -2.37. The molecule has 1 aromatic rings. The first kappa shape index (κ1) is 16.4. The van der Waals surface area contributed by atoms with Crippen LogP contribution in [-0.2, 0) is 4.43 Å². The molecule has 1 unspecified atom stereocenters. The lowest BCUT2D eigenvalue weighted by molar-refractivity contribution is 0.268. The minimum absolute atomic E-state index is 0.0478. The van der Waals surface area contributed by atoms with Crippen molar-refractivity contribution in [2.75, 3.05) is 6.61 Å². The molecule has 0 spiro atoms. The van der Waals surface area contributed by atoms with Crippen LogP contribution in [0.5, 0.6) is 0 Å². The molecule has 4 nitrogen and oxygen atoms in total. The van der Waals surface area contributed by atoms with Gasteiger partial charge in [-0.05, 0) is 18.1 Å². The summed E-state index contributed by atoms with van der Waals surface area (Å²) in [6, 6.07) is 0. The standard InChI is InChI=1S/C13H23ClN2O2Si/c1-9(8-18-19(5,6)13(2,3)4)11-10(14)7-15-16-12(11)17/h7,9H,8H2,1-6H3,(H,16,17). The number of aromatic nitrogens is 2. The van der Waals surface area contributed by atoms with Crippen LogP contribution in [0.25, 0.3) is 0 Å². The second-order valence-electron chi connectivity index (χ2n) is 6.43. The van der Waals surface area contributed by atoms with Crippen LogP contribution in [0.15, 0.2) is 11.0 Å². The fourth-order valence-corrected chi connectivity index (χ4v) is 2.90. The van der Waals surface area contributed by atoms with Crippen molar-refractivity contribution >= 4 is 19.9 Å². The van der Waals surface area contributed by atoms with Gasteiger partial charge in [-0.3, -0.25) is 4.79 Å². The minimum Gasteiger partial charge on any atom is -0.416 e. The Morgan fingerprint density at radius 3 is 2.53 bits per heavy atom. The van der Waals surface area contributed by atoms with E-state index in [1.807, 2.05) is 6.92 Å². The SMILES string of the molecule is CC(CO[Si](C)(C)C(C)(C)C)c1c(Cl)cn[nH]c1=O. The van der Waals surface area contributed by atoms with Crippen LogP contribution < -0.4 is 5.56 Å². The van der Waals surface area contributed by atoms with Crippen molar-refractivity contribution in [1.29, 1.82) is 0 Å². The van der Waals surface area contributed by atoms with Crippen LogP contribution >= 0.6 is 11.6 Å². The van der Waals surface area contributed by atoms with Crippen LogP contribution in [0.2, 0.25) is 23.2 Å². The van der Waals surface area contributed by atoms with E-state index in [-0.39, 0.29) is 16.5 Å². The van der Waals surface area contributed by atoms with Gasteiger partial charge in [0.2, 0.25) is 0 Å². The molecule has 1 rings (SSSR count). The highest BCUT2D eigenvalue weighted by Gasteiger charge is 2.37. The van der Waals surface area contributed by atoms with Crippen molar-refractivity contribution in [2.24, 2.45) is 0 Å². The Bertz CT molecular complexity index is 494. The minimum atomic E-state index is -1.81. The van der Waals surface area contributed by atoms with Gasteiger partial charge in [-0.1, -0.05) is 39.3 Å². The largest absolute Gasteiger partial charge is 0.416 e. The third-order valence-electron chi connectivity index (χ3n) is 3.84. The maximum Gasteiger partial charge on any atom is 0.269 e. The number of rotatable bonds is 4. The monoisotopic (exact) mass is 302 g/mol. The second-order valence-corrected chi connectivity index (χ2v) is 11.6. The maximum absolute atomic E-state index is 11.8. The smallest absolute Gasteiger partial charge is 0.269 e. The molecule has 1 N–H and O–H groups in total. The van der Waals surface area contributed by atoms with E-state index < -0.39 is 8.32 Å². The molecule has 1 aromatic heterocycles. The molecule has 0 aliphatic rings. The Labute approximate surface area is 120 Å². The van der Waals surface area contributed by atoms with Crippen LogP contribution in [0, 0.1) is 0 Å². The van der Waals surface area contributed by atoms with Gasteiger partial charge in [-0.2, -0.15) is 5.10 Å². The van der Waals surface area contributed by atoms with Crippen LogP contribution in [0.1, 0.15) is 39.2 Å². The first-order valence-electron chi connectivity index (χ1n) is 6.43. The Hall–Kier alpha value is -0.653. The summed E-state index contributed by atoms with van der Waals surface area (Å²) in [4.78, 5) is 11.8. The van der Waals surface area contributed by atoms with Crippen LogP contribution in [-0.4, -0.2) is 25.1 Å². The van der Waals surface area contributed by atoms with E-state index in [1.54, 1.807) is 0 Å². The average molecular weight is 303 g/mol. The zero-order valence-corrected chi connectivity index (χ0v) is 14.3. The van der Waals surface area contributed by atoms with Crippen molar-refractivity contribution in [3.63, 3.8) is 0 Å². The molecule has 0 bridgehead atoms. The first-order valence-corrected chi connectivity index (χ1v) is 9.72. The van der Waals surface area contributed by atoms with Crippen LogP contribution in [0.3, 0.4) is 0 Å². The molecule has 0 saturated carbocycles. The maximum atomic E-state index is 11.8. The third-order valence-corrected chi connectivity index (χ3v) is 8.64. The Morgan fingerprint density at radius 1 is 1.47 bits per heavy atom. The van der Waals surface area contributed by atoms with E-state index >= 15 is 0 Å². The van der Waals surface area contributed by atoms with Gasteiger partial charge in [0.05, 0.1) is 11.2 Å². The van der Waals surface area contributed by atoms with Crippen molar-refractivity contribution in [3.05, 3.63) is 27.1 Å². The number of H-pyrrole nitrogens is 1. The molecule has 0 aliphatic carbocycles. The van der Waals surface area contributed by atoms with Gasteiger partial charge in [-0.25, -0.2) is 5.10 Å². The summed E-state index contributed by atoms with van der Waals surface area (Å²) >= 11 is 6.04. The van der Waals surface area contributed by atoms with E-state index in [0.29, 0.717) is 17.2 Å². The van der Waals surface area contributed by atoms with Crippen molar-refractivity contribution in [1.82, 2.24) is 10.2 Å². The third kappa shape index (κ3) is 3.90. The number of hydrogen-bond acceptors (Lipinski definition) is 3. The van der Waals surface area contributed by atoms with E-state index in [2.05, 4.69) is 44.1 Å². The molecule has 0 aliphatic heterocycles. The number of halogens is 1. The highest BCUT2D eigenvalue weighted by molar-refractivity contribution is 6.74. The summed E-state index contributed by atoms with van der Waals surface area (Å²) in [7, 11) is -1.81. The van der Waals surface area contributed by atoms with Gasteiger partial charge >= 0.3 is 0 Å². The number of hydrogen-bond donors (Lipinski definition) is 1. The summed E-state index contributed by atoms with van der Waals surface area (Å²) < 4.78 is 6.13. The van der Waals surface area contributed by atoms with Gasteiger partial charge in [0, 0.05) is 18.1 Å². The highest BCUT2D eigenvalue weighted by atomic mass is 35.5. The molecular formula is C13H23ClN2O2Si. The predicted octanol–water partition coefficient (Wildman–Crippen LogP) is 3.55. The summed E-state index contributed by atoms with van der Waals surface area (Å²) in [6.07, 6.45) is 1.46. The quantitative estimate of drug-likeness (QED) is 0.865. The zero-order valence-electron chi connectivity index (χ0n) is 12.5. The molecule has 0 amide bonds. The van der Waals surface area contributed by atoms with E-state index in [1.165, 1.54) is 6.20 Å². The lowest BCUT2D eigenvalue weighted by atomic mass is 10.1. The van der Waals surface area contributed by atoms with Gasteiger partial charge in [-0.15, -0.1) is 0 Å². The number of nitrogens with zero attached hydrogens (tertiary/aromatic N) is 1. The average Bonchev–Trinajstić information content (AvgIpc) is 2.24. The Balaban J connectivity index is 2.82. The molecule has 0 aromatic carbocycles. The van der Waals surface area contributed by atoms with E-state index in [0.717, 1.165) is 0 Å². The Kier molecular flexibility index (Phi) is 4.98. The molecule has 1 heterocycles. The molecular weight excluding hydrogens is 280 g/mol. The summed E-state index contributed by atoms with van der Waals surface area (Å²) in [5.74, 6) is -0.0478. The lowest BCUT2D eigenvalue weighted by Crippen LogP contribution is -2.41. The van der Waals surface area contributed by atoms with Gasteiger partial charge < -0.3 is 4.43 Å². The molecule has 0 fully saturated rings. The van der Waals surface area contributed by atoms with Gasteiger partial charge in [0.1, 0.15) is 0 Å². The molecule has 0 saturated heterocycles. The fraction of sp³-hybridized carbons (Fsp3) is 0.692. The highest BCUT2D eigenvalue weighted by Crippen LogP contribution is 2.37. The predicted molar refractivity (Wildman–Crippen MR) is 81.4 cm³/mol.